The highest BCUT2D eigenvalue weighted by Gasteiger charge is 2.07. The summed E-state index contributed by atoms with van der Waals surface area (Å²) < 4.78 is 2.21. The summed E-state index contributed by atoms with van der Waals surface area (Å²) in [4.78, 5) is 13.7. The second-order valence-electron chi connectivity index (χ2n) is 3.34. The quantitative estimate of drug-likeness (QED) is 0.706. The molecule has 3 N–H and O–H groups in total. The van der Waals surface area contributed by atoms with Gasteiger partial charge in [0.2, 0.25) is 0 Å². The SMILES string of the molecule is O=C(O)c1ccc2c(c1)[nH]c(=S)n2CCO. The summed E-state index contributed by atoms with van der Waals surface area (Å²) in [6.45, 7) is 0.382. The summed E-state index contributed by atoms with van der Waals surface area (Å²) in [6, 6.07) is 4.73. The number of fused-ring (bicyclic) bond motifs is 1. The van der Waals surface area contributed by atoms with Crippen LogP contribution in [-0.4, -0.2) is 32.3 Å². The molecule has 6 heteroatoms. The van der Waals surface area contributed by atoms with Crippen LogP contribution in [0.3, 0.4) is 0 Å². The molecule has 0 saturated heterocycles. The minimum absolute atomic E-state index is 0.0120. The van der Waals surface area contributed by atoms with E-state index in [-0.39, 0.29) is 12.2 Å². The number of carboxylic acid groups (broad SMARTS) is 1. The molecule has 0 aliphatic carbocycles. The van der Waals surface area contributed by atoms with Crippen molar-refractivity contribution in [3.63, 3.8) is 0 Å². The van der Waals surface area contributed by atoms with Gasteiger partial charge in [0.1, 0.15) is 0 Å². The topological polar surface area (TPSA) is 78.2 Å². The first-order chi connectivity index (χ1) is 7.63. The van der Waals surface area contributed by atoms with E-state index in [1.807, 2.05) is 0 Å². The number of H-pyrrole nitrogens is 1. The molecule has 0 aliphatic rings. The van der Waals surface area contributed by atoms with Crippen molar-refractivity contribution in [1.82, 2.24) is 9.55 Å². The van der Waals surface area contributed by atoms with Crippen LogP contribution in [0.4, 0.5) is 0 Å². The van der Waals surface area contributed by atoms with E-state index in [4.69, 9.17) is 22.4 Å². The van der Waals surface area contributed by atoms with Crippen LogP contribution in [-0.2, 0) is 6.54 Å². The molecule has 1 aromatic heterocycles. The number of carboxylic acids is 1. The summed E-state index contributed by atoms with van der Waals surface area (Å²) in [5.74, 6) is -0.976. The summed E-state index contributed by atoms with van der Waals surface area (Å²) in [7, 11) is 0. The van der Waals surface area contributed by atoms with Crippen LogP contribution < -0.4 is 0 Å². The van der Waals surface area contributed by atoms with Gasteiger partial charge in [-0.15, -0.1) is 0 Å². The highest BCUT2D eigenvalue weighted by molar-refractivity contribution is 7.71. The molecule has 0 bridgehead atoms. The third-order valence-corrected chi connectivity index (χ3v) is 2.67. The predicted molar refractivity (Wildman–Crippen MR) is 61.2 cm³/mol. The maximum absolute atomic E-state index is 10.8. The Morgan fingerprint density at radius 3 is 2.88 bits per heavy atom. The first-order valence-corrected chi connectivity index (χ1v) is 5.11. The second-order valence-corrected chi connectivity index (χ2v) is 3.73. The van der Waals surface area contributed by atoms with Crippen molar-refractivity contribution in [3.8, 4) is 0 Å². The fourth-order valence-corrected chi connectivity index (χ4v) is 1.92. The molecule has 0 aliphatic heterocycles. The molecule has 1 heterocycles. The number of nitrogens with one attached hydrogen (secondary N) is 1. The molecular weight excluding hydrogens is 228 g/mol. The average Bonchev–Trinajstić information content (AvgIpc) is 2.55. The predicted octanol–water partition coefficient (Wildman–Crippen LogP) is 1.39. The Labute approximate surface area is 96.0 Å². The van der Waals surface area contributed by atoms with Crippen molar-refractivity contribution in [3.05, 3.63) is 28.5 Å². The van der Waals surface area contributed by atoms with Gasteiger partial charge < -0.3 is 19.8 Å². The van der Waals surface area contributed by atoms with Crippen LogP contribution in [0.1, 0.15) is 10.4 Å². The lowest BCUT2D eigenvalue weighted by molar-refractivity contribution is 0.0697. The zero-order valence-corrected chi connectivity index (χ0v) is 9.12. The number of nitrogens with zero attached hydrogens (tertiary/aromatic N) is 1. The largest absolute Gasteiger partial charge is 0.478 e. The third-order valence-electron chi connectivity index (χ3n) is 2.34. The molecule has 2 aromatic rings. The summed E-state index contributed by atoms with van der Waals surface area (Å²) in [5, 5.41) is 17.7. The monoisotopic (exact) mass is 238 g/mol. The normalized spacial score (nSPS) is 10.8. The number of aromatic nitrogens is 2. The van der Waals surface area contributed by atoms with Crippen molar-refractivity contribution in [2.75, 3.05) is 6.61 Å². The van der Waals surface area contributed by atoms with Crippen molar-refractivity contribution in [1.29, 1.82) is 0 Å². The second kappa shape index (κ2) is 4.07. The van der Waals surface area contributed by atoms with Gasteiger partial charge in [0.25, 0.3) is 0 Å². The smallest absolute Gasteiger partial charge is 0.335 e. The Kier molecular flexibility index (Phi) is 2.76. The van der Waals surface area contributed by atoms with Crippen molar-refractivity contribution in [2.45, 2.75) is 6.54 Å². The maximum Gasteiger partial charge on any atom is 0.335 e. The Hall–Kier alpha value is -1.66. The first-order valence-electron chi connectivity index (χ1n) is 4.70. The third kappa shape index (κ3) is 1.72. The van der Waals surface area contributed by atoms with Crippen molar-refractivity contribution < 1.29 is 15.0 Å². The number of aliphatic hydroxyl groups excluding tert-OH is 1. The van der Waals surface area contributed by atoms with Crippen LogP contribution in [0.25, 0.3) is 11.0 Å². The first kappa shape index (κ1) is 10.8. The van der Waals surface area contributed by atoms with E-state index in [0.717, 1.165) is 5.52 Å². The van der Waals surface area contributed by atoms with Gasteiger partial charge in [0.15, 0.2) is 4.77 Å². The van der Waals surface area contributed by atoms with E-state index in [1.165, 1.54) is 12.1 Å². The van der Waals surface area contributed by atoms with Crippen molar-refractivity contribution >= 4 is 29.2 Å². The zero-order chi connectivity index (χ0) is 11.7. The molecule has 5 nitrogen and oxygen atoms in total. The number of hydrogen-bond donors (Lipinski definition) is 3. The molecule has 84 valence electrons. The number of hydrogen-bond acceptors (Lipinski definition) is 3. The summed E-state index contributed by atoms with van der Waals surface area (Å²) in [5.41, 5.74) is 1.67. The minimum Gasteiger partial charge on any atom is -0.478 e. The molecule has 0 saturated carbocycles. The molecule has 0 unspecified atom stereocenters. The molecule has 0 atom stereocenters. The highest BCUT2D eigenvalue weighted by Crippen LogP contribution is 2.16. The number of aromatic carboxylic acids is 1. The molecule has 0 radical (unpaired) electrons. The Balaban J connectivity index is 2.65. The molecule has 1 aromatic carbocycles. The van der Waals surface area contributed by atoms with Gasteiger partial charge in [0.05, 0.1) is 23.2 Å². The Bertz CT molecular complexity index is 600. The molecule has 0 spiro atoms. The van der Waals surface area contributed by atoms with Crippen LogP contribution >= 0.6 is 12.2 Å². The molecule has 16 heavy (non-hydrogen) atoms. The lowest BCUT2D eigenvalue weighted by Crippen LogP contribution is -2.02. The molecule has 2 rings (SSSR count). The Morgan fingerprint density at radius 2 is 2.25 bits per heavy atom. The lowest BCUT2D eigenvalue weighted by Gasteiger charge is -2.01. The molecule has 0 amide bonds. The van der Waals surface area contributed by atoms with E-state index in [1.54, 1.807) is 10.6 Å². The number of aromatic amines is 1. The van der Waals surface area contributed by atoms with Gasteiger partial charge in [-0.25, -0.2) is 4.79 Å². The van der Waals surface area contributed by atoms with Crippen molar-refractivity contribution in [2.24, 2.45) is 0 Å². The minimum atomic E-state index is -0.976. The van der Waals surface area contributed by atoms with Crippen LogP contribution in [0.5, 0.6) is 0 Å². The van der Waals surface area contributed by atoms with Gasteiger partial charge in [-0.05, 0) is 30.4 Å². The van der Waals surface area contributed by atoms with Crippen LogP contribution in [0.2, 0.25) is 0 Å². The zero-order valence-electron chi connectivity index (χ0n) is 8.30. The average molecular weight is 238 g/mol. The molecule has 0 fully saturated rings. The van der Waals surface area contributed by atoms with Crippen LogP contribution in [0, 0.1) is 4.77 Å². The number of carbonyl (C=O) groups is 1. The van der Waals surface area contributed by atoms with E-state index in [0.29, 0.717) is 16.8 Å². The standard InChI is InChI=1S/C10H10N2O3S/c13-4-3-12-8-2-1-6(9(14)15)5-7(8)11-10(12)16/h1-2,5,13H,3-4H2,(H,11,16)(H,14,15). The Morgan fingerprint density at radius 1 is 1.50 bits per heavy atom. The fourth-order valence-electron chi connectivity index (χ4n) is 1.62. The van der Waals surface area contributed by atoms with Gasteiger partial charge in [-0.3, -0.25) is 0 Å². The van der Waals surface area contributed by atoms with Gasteiger partial charge in [-0.2, -0.15) is 0 Å². The molecular formula is C10H10N2O3S. The van der Waals surface area contributed by atoms with E-state index in [9.17, 15) is 4.79 Å². The van der Waals surface area contributed by atoms with E-state index in [2.05, 4.69) is 4.98 Å². The lowest BCUT2D eigenvalue weighted by atomic mass is 10.2. The summed E-state index contributed by atoms with van der Waals surface area (Å²) in [6.07, 6.45) is 0. The van der Waals surface area contributed by atoms with Gasteiger partial charge >= 0.3 is 5.97 Å². The number of rotatable bonds is 3. The van der Waals surface area contributed by atoms with Crippen LogP contribution in [0.15, 0.2) is 18.2 Å². The number of aliphatic hydroxyl groups is 1. The van der Waals surface area contributed by atoms with Gasteiger partial charge in [0, 0.05) is 6.54 Å². The number of benzene rings is 1. The maximum atomic E-state index is 10.8. The van der Waals surface area contributed by atoms with E-state index >= 15 is 0 Å². The van der Waals surface area contributed by atoms with Gasteiger partial charge in [-0.1, -0.05) is 0 Å². The van der Waals surface area contributed by atoms with E-state index < -0.39 is 5.97 Å². The summed E-state index contributed by atoms with van der Waals surface area (Å²) >= 11 is 5.08. The highest BCUT2D eigenvalue weighted by atomic mass is 32.1. The number of imidazole rings is 1. The fraction of sp³-hybridized carbons (Fsp3) is 0.200.